The van der Waals surface area contributed by atoms with Gasteiger partial charge in [-0.15, -0.1) is 0 Å². The molecule has 1 saturated carbocycles. The second kappa shape index (κ2) is 11.9. The molecule has 0 radical (unpaired) electrons. The first kappa shape index (κ1) is 24.8. The van der Waals surface area contributed by atoms with E-state index in [-0.39, 0.29) is 24.5 Å². The van der Waals surface area contributed by atoms with Crippen LogP contribution < -0.4 is 10.1 Å². The Morgan fingerprint density at radius 3 is 2.39 bits per heavy atom. The van der Waals surface area contributed by atoms with Crippen LogP contribution >= 0.6 is 0 Å². The lowest BCUT2D eigenvalue weighted by Gasteiger charge is -2.33. The molecule has 0 heterocycles. The van der Waals surface area contributed by atoms with Gasteiger partial charge in [0.25, 0.3) is 5.91 Å². The number of hydrogen-bond donors (Lipinski definition) is 1. The molecule has 0 aromatic heterocycles. The smallest absolute Gasteiger partial charge is 0.261 e. The van der Waals surface area contributed by atoms with Crippen molar-refractivity contribution in [2.24, 2.45) is 0 Å². The third-order valence-electron chi connectivity index (χ3n) is 6.85. The van der Waals surface area contributed by atoms with Gasteiger partial charge in [-0.25, -0.2) is 0 Å². The monoisotopic (exact) mass is 450 g/mol. The summed E-state index contributed by atoms with van der Waals surface area (Å²) in [6.45, 7) is 8.31. The van der Waals surface area contributed by atoms with Crippen molar-refractivity contribution in [1.29, 1.82) is 0 Å². The molecule has 1 aliphatic rings. The summed E-state index contributed by atoms with van der Waals surface area (Å²) in [6, 6.07) is 13.5. The van der Waals surface area contributed by atoms with E-state index in [1.54, 1.807) is 4.90 Å². The molecule has 1 aliphatic carbocycles. The van der Waals surface area contributed by atoms with Crippen molar-refractivity contribution in [2.45, 2.75) is 84.8 Å². The van der Waals surface area contributed by atoms with E-state index in [4.69, 9.17) is 4.74 Å². The van der Waals surface area contributed by atoms with Gasteiger partial charge in [0.15, 0.2) is 6.61 Å². The summed E-state index contributed by atoms with van der Waals surface area (Å²) in [5.74, 6) is 0.474. The number of hydrogen-bond acceptors (Lipinski definition) is 3. The molecule has 2 amide bonds. The average molecular weight is 451 g/mol. The standard InChI is InChI=1S/C28H38N2O3/c1-5-25(28(32)29-24-15-7-6-8-16-24)30(18-23-14-10-9-12-21(23)3)27(31)19-33-26-17-11-13-20(2)22(26)4/h9-14,17,24-25H,5-8,15-16,18-19H2,1-4H3,(H,29,32)/t25-/m0/s1. The average Bonchev–Trinajstić information content (AvgIpc) is 2.81. The first-order valence-electron chi connectivity index (χ1n) is 12.2. The lowest BCUT2D eigenvalue weighted by molar-refractivity contribution is -0.143. The lowest BCUT2D eigenvalue weighted by Crippen LogP contribution is -2.52. The Kier molecular flexibility index (Phi) is 8.93. The summed E-state index contributed by atoms with van der Waals surface area (Å²) in [5, 5.41) is 3.22. The van der Waals surface area contributed by atoms with Gasteiger partial charge in [-0.3, -0.25) is 9.59 Å². The summed E-state index contributed by atoms with van der Waals surface area (Å²) in [5.41, 5.74) is 4.29. The van der Waals surface area contributed by atoms with Gasteiger partial charge < -0.3 is 15.0 Å². The van der Waals surface area contributed by atoms with Gasteiger partial charge in [0.05, 0.1) is 0 Å². The molecule has 33 heavy (non-hydrogen) atoms. The van der Waals surface area contributed by atoms with Crippen molar-refractivity contribution >= 4 is 11.8 Å². The predicted octanol–water partition coefficient (Wildman–Crippen LogP) is 5.25. The van der Waals surface area contributed by atoms with E-state index in [9.17, 15) is 9.59 Å². The van der Waals surface area contributed by atoms with Gasteiger partial charge in [-0.2, -0.15) is 0 Å². The minimum Gasteiger partial charge on any atom is -0.483 e. The number of rotatable bonds is 9. The SMILES string of the molecule is CC[C@@H](C(=O)NC1CCCCC1)N(Cc1ccccc1C)C(=O)COc1cccc(C)c1C. The minimum atomic E-state index is -0.527. The summed E-state index contributed by atoms with van der Waals surface area (Å²) in [6.07, 6.45) is 6.12. The Balaban J connectivity index is 1.79. The van der Waals surface area contributed by atoms with E-state index in [0.29, 0.717) is 18.7 Å². The Morgan fingerprint density at radius 1 is 1.00 bits per heavy atom. The normalized spacial score (nSPS) is 15.0. The van der Waals surface area contributed by atoms with Crippen LogP contribution in [0.4, 0.5) is 0 Å². The van der Waals surface area contributed by atoms with E-state index in [0.717, 1.165) is 47.9 Å². The molecule has 0 bridgehead atoms. The molecular formula is C28H38N2O3. The Labute approximate surface area is 198 Å². The van der Waals surface area contributed by atoms with Crippen molar-refractivity contribution in [1.82, 2.24) is 10.2 Å². The number of amides is 2. The summed E-state index contributed by atoms with van der Waals surface area (Å²) in [4.78, 5) is 28.4. The maximum atomic E-state index is 13.4. The zero-order chi connectivity index (χ0) is 23.8. The van der Waals surface area contributed by atoms with Crippen molar-refractivity contribution in [3.8, 4) is 5.75 Å². The number of benzene rings is 2. The Hall–Kier alpha value is -2.82. The lowest BCUT2D eigenvalue weighted by atomic mass is 9.95. The number of nitrogens with zero attached hydrogens (tertiary/aromatic N) is 1. The van der Waals surface area contributed by atoms with Gasteiger partial charge in [0, 0.05) is 12.6 Å². The molecule has 0 aliphatic heterocycles. The van der Waals surface area contributed by atoms with Crippen LogP contribution in [0.25, 0.3) is 0 Å². The van der Waals surface area contributed by atoms with Crippen LogP contribution in [0.2, 0.25) is 0 Å². The summed E-state index contributed by atoms with van der Waals surface area (Å²) >= 11 is 0. The highest BCUT2D eigenvalue weighted by atomic mass is 16.5. The molecule has 2 aromatic rings. The number of aryl methyl sites for hydroxylation is 2. The molecule has 1 N–H and O–H groups in total. The minimum absolute atomic E-state index is 0.0573. The van der Waals surface area contributed by atoms with Crippen LogP contribution in [0.1, 0.15) is 67.7 Å². The van der Waals surface area contributed by atoms with Gasteiger partial charge in [-0.1, -0.05) is 62.6 Å². The van der Waals surface area contributed by atoms with E-state index in [1.165, 1.54) is 6.42 Å². The molecule has 3 rings (SSSR count). The highest BCUT2D eigenvalue weighted by Gasteiger charge is 2.30. The number of nitrogens with one attached hydrogen (secondary N) is 1. The van der Waals surface area contributed by atoms with Gasteiger partial charge in [-0.05, 0) is 68.4 Å². The van der Waals surface area contributed by atoms with Crippen LogP contribution in [0, 0.1) is 20.8 Å². The predicted molar refractivity (Wildman–Crippen MR) is 132 cm³/mol. The Morgan fingerprint density at radius 2 is 1.70 bits per heavy atom. The maximum Gasteiger partial charge on any atom is 0.261 e. The molecule has 2 aromatic carbocycles. The van der Waals surface area contributed by atoms with Crippen molar-refractivity contribution < 1.29 is 14.3 Å². The van der Waals surface area contributed by atoms with Crippen LogP contribution in [0.5, 0.6) is 5.75 Å². The van der Waals surface area contributed by atoms with E-state index >= 15 is 0 Å². The third-order valence-corrected chi connectivity index (χ3v) is 6.85. The Bertz CT molecular complexity index is 950. The second-order valence-electron chi connectivity index (χ2n) is 9.20. The molecular weight excluding hydrogens is 412 g/mol. The molecule has 0 unspecified atom stereocenters. The van der Waals surface area contributed by atoms with Crippen LogP contribution in [0.3, 0.4) is 0 Å². The van der Waals surface area contributed by atoms with E-state index < -0.39 is 6.04 Å². The molecule has 1 atom stereocenters. The summed E-state index contributed by atoms with van der Waals surface area (Å²) in [7, 11) is 0. The molecule has 178 valence electrons. The third kappa shape index (κ3) is 6.59. The fourth-order valence-electron chi connectivity index (χ4n) is 4.54. The zero-order valence-electron chi connectivity index (χ0n) is 20.5. The van der Waals surface area contributed by atoms with Crippen LogP contribution in [-0.4, -0.2) is 35.4 Å². The highest BCUT2D eigenvalue weighted by molar-refractivity contribution is 5.88. The van der Waals surface area contributed by atoms with Gasteiger partial charge >= 0.3 is 0 Å². The fraction of sp³-hybridized carbons (Fsp3) is 0.500. The maximum absolute atomic E-state index is 13.4. The largest absolute Gasteiger partial charge is 0.483 e. The fourth-order valence-corrected chi connectivity index (χ4v) is 4.54. The molecule has 1 fully saturated rings. The van der Waals surface area contributed by atoms with Crippen molar-refractivity contribution in [3.05, 3.63) is 64.7 Å². The molecule has 5 heteroatoms. The molecule has 5 nitrogen and oxygen atoms in total. The van der Waals surface area contributed by atoms with E-state index in [1.807, 2.05) is 70.2 Å². The first-order valence-corrected chi connectivity index (χ1v) is 12.2. The quantitative estimate of drug-likeness (QED) is 0.568. The second-order valence-corrected chi connectivity index (χ2v) is 9.20. The van der Waals surface area contributed by atoms with Crippen molar-refractivity contribution in [2.75, 3.05) is 6.61 Å². The first-order chi connectivity index (χ1) is 15.9. The number of carbonyl (C=O) groups is 2. The number of ether oxygens (including phenoxy) is 1. The molecule has 0 spiro atoms. The topological polar surface area (TPSA) is 58.6 Å². The molecule has 0 saturated heterocycles. The van der Waals surface area contributed by atoms with Gasteiger partial charge in [0.1, 0.15) is 11.8 Å². The van der Waals surface area contributed by atoms with Gasteiger partial charge in [0.2, 0.25) is 5.91 Å². The van der Waals surface area contributed by atoms with Crippen molar-refractivity contribution in [3.63, 3.8) is 0 Å². The highest BCUT2D eigenvalue weighted by Crippen LogP contribution is 2.22. The van der Waals surface area contributed by atoms with Crippen LogP contribution in [-0.2, 0) is 16.1 Å². The van der Waals surface area contributed by atoms with Crippen LogP contribution in [0.15, 0.2) is 42.5 Å². The zero-order valence-corrected chi connectivity index (χ0v) is 20.5. The van der Waals surface area contributed by atoms with E-state index in [2.05, 4.69) is 5.32 Å². The number of carbonyl (C=O) groups excluding carboxylic acids is 2. The summed E-state index contributed by atoms with van der Waals surface area (Å²) < 4.78 is 5.93.